The predicted molar refractivity (Wildman–Crippen MR) is 194 cm³/mol. The lowest BCUT2D eigenvalue weighted by Gasteiger charge is -2.16. The molecule has 6 nitrogen and oxygen atoms in total. The summed E-state index contributed by atoms with van der Waals surface area (Å²) in [4.78, 5) is 24.3. The van der Waals surface area contributed by atoms with E-state index in [1.807, 2.05) is 5.32 Å². The Balaban J connectivity index is 0.000000224. The average molecular weight is 833 g/mol. The van der Waals surface area contributed by atoms with Gasteiger partial charge in [0.25, 0.3) is 11.8 Å². The van der Waals surface area contributed by atoms with E-state index in [-0.39, 0.29) is 35.0 Å². The van der Waals surface area contributed by atoms with Gasteiger partial charge in [-0.3, -0.25) is 9.59 Å². The number of alkyl halides is 6. The van der Waals surface area contributed by atoms with Crippen LogP contribution in [0.3, 0.4) is 0 Å². The maximum atomic E-state index is 13.7. The number of hydrogen-bond acceptors (Lipinski definition) is 4. The zero-order chi connectivity index (χ0) is 43.2. The minimum absolute atomic E-state index is 0.204. The van der Waals surface area contributed by atoms with Gasteiger partial charge in [0, 0.05) is 23.5 Å². The molecule has 59 heavy (non-hydrogen) atoms. The minimum atomic E-state index is -4.84. The molecule has 2 amide bonds. The van der Waals surface area contributed by atoms with Crippen molar-refractivity contribution in [1.29, 1.82) is 0 Å². The van der Waals surface area contributed by atoms with Gasteiger partial charge in [0.05, 0.1) is 0 Å². The second-order valence-corrected chi connectivity index (χ2v) is 12.4. The number of rotatable bonds is 8. The van der Waals surface area contributed by atoms with Gasteiger partial charge in [-0.15, -0.1) is 0 Å². The maximum absolute atomic E-state index is 13.7. The normalized spacial score (nSPS) is 11.3. The average Bonchev–Trinajstić information content (AvgIpc) is 3.13. The topological polar surface area (TPSA) is 76.7 Å². The molecule has 0 atom stereocenters. The molecular weight excluding hydrogens is 805 g/mol. The molecule has 0 aromatic heterocycles. The zero-order valence-electron chi connectivity index (χ0n) is 30.3. The van der Waals surface area contributed by atoms with Crippen molar-refractivity contribution in [2.24, 2.45) is 0 Å². The largest absolute Gasteiger partial charge is 0.456 e. The van der Waals surface area contributed by atoms with Crippen molar-refractivity contribution in [3.63, 3.8) is 0 Å². The summed E-state index contributed by atoms with van der Waals surface area (Å²) in [6.07, 6.45) is -9.63. The lowest BCUT2D eigenvalue weighted by atomic mass is 10.1. The van der Waals surface area contributed by atoms with Crippen LogP contribution >= 0.6 is 0 Å². The number of para-hydroxylation sites is 2. The number of carbonyl (C=O) groups is 2. The molecular formula is C42H27F11N2O4. The summed E-state index contributed by atoms with van der Waals surface area (Å²) in [6.45, 7) is 3.34. The van der Waals surface area contributed by atoms with Gasteiger partial charge in [0.15, 0.2) is 0 Å². The van der Waals surface area contributed by atoms with Crippen LogP contribution in [0, 0.1) is 42.9 Å². The maximum Gasteiger partial charge on any atom is 0.420 e. The van der Waals surface area contributed by atoms with Crippen LogP contribution in [0.25, 0.3) is 0 Å². The van der Waals surface area contributed by atoms with Gasteiger partial charge in [-0.2, -0.15) is 26.3 Å². The lowest BCUT2D eigenvalue weighted by Crippen LogP contribution is -2.17. The van der Waals surface area contributed by atoms with Crippen molar-refractivity contribution in [2.75, 3.05) is 10.6 Å². The third-order valence-corrected chi connectivity index (χ3v) is 8.14. The van der Waals surface area contributed by atoms with E-state index < -0.39 is 87.0 Å². The Labute approximate surface area is 327 Å². The van der Waals surface area contributed by atoms with Crippen molar-refractivity contribution in [1.82, 2.24) is 0 Å². The summed E-state index contributed by atoms with van der Waals surface area (Å²) in [6, 6.07) is 21.8. The van der Waals surface area contributed by atoms with Crippen LogP contribution in [-0.4, -0.2) is 11.8 Å². The molecule has 0 aliphatic carbocycles. The van der Waals surface area contributed by atoms with E-state index in [2.05, 4.69) is 5.32 Å². The standard InChI is InChI=1S/C21H13F6NO2.C21H14F5NO2/c1-11-4-2-3-5-17(11)30-18-7-6-13(10-14(18)21(25,26)27)28-20(29)19-15(23)8-12(22)9-16(19)24;1-12-5-2-3-8-17(12)29-18-10-9-13(11-14(18)21(24,25)26)27-20(28)19-15(22)6-4-7-16(19)23/h2-10H,1H3,(H,28,29);2-11H,1H3,(H,27,28). The number of ether oxygens (including phenoxy) is 2. The number of nitrogens with one attached hydrogen (secondary N) is 2. The molecule has 17 heteroatoms. The van der Waals surface area contributed by atoms with Gasteiger partial charge < -0.3 is 20.1 Å². The molecule has 6 rings (SSSR count). The van der Waals surface area contributed by atoms with Crippen LogP contribution in [0.1, 0.15) is 43.0 Å². The van der Waals surface area contributed by atoms with Crippen LogP contribution in [0.2, 0.25) is 0 Å². The fraction of sp³-hybridized carbons (Fsp3) is 0.0952. The molecule has 0 bridgehead atoms. The van der Waals surface area contributed by atoms with E-state index in [0.717, 1.165) is 42.5 Å². The molecule has 0 saturated carbocycles. The van der Waals surface area contributed by atoms with E-state index in [1.165, 1.54) is 12.1 Å². The summed E-state index contributed by atoms with van der Waals surface area (Å²) in [5.74, 6) is -9.59. The molecule has 0 unspecified atom stereocenters. The molecule has 0 aliphatic rings. The number of halogens is 11. The first-order valence-electron chi connectivity index (χ1n) is 16.8. The van der Waals surface area contributed by atoms with E-state index in [4.69, 9.17) is 9.47 Å². The van der Waals surface area contributed by atoms with Crippen LogP contribution in [0.15, 0.2) is 115 Å². The molecule has 0 aliphatic heterocycles. The van der Waals surface area contributed by atoms with Gasteiger partial charge >= 0.3 is 12.4 Å². The first kappa shape index (κ1) is 43.2. The Morgan fingerprint density at radius 1 is 0.458 bits per heavy atom. The summed E-state index contributed by atoms with van der Waals surface area (Å²) in [5, 5.41) is 4.06. The van der Waals surface area contributed by atoms with Crippen LogP contribution < -0.4 is 20.1 Å². The Morgan fingerprint density at radius 2 is 0.831 bits per heavy atom. The van der Waals surface area contributed by atoms with Gasteiger partial charge in [0.1, 0.15) is 74.3 Å². The number of amides is 2. The van der Waals surface area contributed by atoms with Gasteiger partial charge in [-0.25, -0.2) is 22.0 Å². The zero-order valence-corrected chi connectivity index (χ0v) is 30.3. The first-order valence-corrected chi connectivity index (χ1v) is 16.8. The highest BCUT2D eigenvalue weighted by Crippen LogP contribution is 2.42. The van der Waals surface area contributed by atoms with E-state index in [0.29, 0.717) is 23.3 Å². The molecule has 0 saturated heterocycles. The second-order valence-electron chi connectivity index (χ2n) is 12.4. The molecule has 0 radical (unpaired) electrons. The number of carbonyl (C=O) groups excluding carboxylic acids is 2. The van der Waals surface area contributed by atoms with Gasteiger partial charge in [-0.1, -0.05) is 42.5 Å². The summed E-state index contributed by atoms with van der Waals surface area (Å²) < 4.78 is 160. The van der Waals surface area contributed by atoms with Crippen LogP contribution in [-0.2, 0) is 12.4 Å². The summed E-state index contributed by atoms with van der Waals surface area (Å²) >= 11 is 0. The number of benzene rings is 6. The molecule has 6 aromatic rings. The number of hydrogen-bond donors (Lipinski definition) is 2. The number of aryl methyl sites for hydroxylation is 2. The first-order chi connectivity index (χ1) is 27.7. The SMILES string of the molecule is Cc1ccccc1Oc1ccc(NC(=O)c2c(F)cc(F)cc2F)cc1C(F)(F)F.Cc1ccccc1Oc1ccc(NC(=O)c2c(F)cccc2F)cc1C(F)(F)F. The van der Waals surface area contributed by atoms with Crippen molar-refractivity contribution < 1.29 is 67.4 Å². The highest BCUT2D eigenvalue weighted by atomic mass is 19.4. The molecule has 0 heterocycles. The fourth-order valence-corrected chi connectivity index (χ4v) is 5.28. The highest BCUT2D eigenvalue weighted by Gasteiger charge is 2.36. The molecule has 0 spiro atoms. The quantitative estimate of drug-likeness (QED) is 0.150. The molecule has 306 valence electrons. The summed E-state index contributed by atoms with van der Waals surface area (Å²) in [5.41, 5.74) is -3.80. The fourth-order valence-electron chi connectivity index (χ4n) is 5.28. The molecule has 6 aromatic carbocycles. The van der Waals surface area contributed by atoms with Gasteiger partial charge in [0.2, 0.25) is 0 Å². The van der Waals surface area contributed by atoms with Crippen molar-refractivity contribution >= 4 is 23.2 Å². The van der Waals surface area contributed by atoms with Crippen LogP contribution in [0.4, 0.5) is 59.7 Å². The van der Waals surface area contributed by atoms with E-state index in [9.17, 15) is 57.9 Å². The third-order valence-electron chi connectivity index (χ3n) is 8.14. The van der Waals surface area contributed by atoms with E-state index >= 15 is 0 Å². The monoisotopic (exact) mass is 832 g/mol. The smallest absolute Gasteiger partial charge is 0.420 e. The summed E-state index contributed by atoms with van der Waals surface area (Å²) in [7, 11) is 0. The van der Waals surface area contributed by atoms with E-state index in [1.54, 1.807) is 50.2 Å². The Hall–Kier alpha value is -6.91. The predicted octanol–water partition coefficient (Wildman–Crippen LogP) is 12.8. The Kier molecular flexibility index (Phi) is 13.0. The van der Waals surface area contributed by atoms with Gasteiger partial charge in [-0.05, 0) is 85.6 Å². The Bertz CT molecular complexity index is 2480. The van der Waals surface area contributed by atoms with Crippen molar-refractivity contribution in [2.45, 2.75) is 26.2 Å². The second kappa shape index (κ2) is 17.7. The van der Waals surface area contributed by atoms with Crippen LogP contribution in [0.5, 0.6) is 23.0 Å². The van der Waals surface area contributed by atoms with Crippen molar-refractivity contribution in [3.05, 3.63) is 178 Å². The minimum Gasteiger partial charge on any atom is -0.456 e. The third kappa shape index (κ3) is 10.7. The highest BCUT2D eigenvalue weighted by molar-refractivity contribution is 6.05. The number of anilines is 2. The molecule has 0 fully saturated rings. The Morgan fingerprint density at radius 3 is 1.20 bits per heavy atom. The van der Waals surface area contributed by atoms with Crippen molar-refractivity contribution in [3.8, 4) is 23.0 Å². The lowest BCUT2D eigenvalue weighted by molar-refractivity contribution is -0.139. The molecule has 2 N–H and O–H groups in total.